The summed E-state index contributed by atoms with van der Waals surface area (Å²) in [5.74, 6) is 1.05. The van der Waals surface area contributed by atoms with Crippen LogP contribution in [-0.2, 0) is 0 Å². The van der Waals surface area contributed by atoms with Gasteiger partial charge in [0.05, 0.1) is 38.6 Å². The van der Waals surface area contributed by atoms with E-state index in [0.29, 0.717) is 0 Å². The molecule has 0 aliphatic carbocycles. The van der Waals surface area contributed by atoms with Gasteiger partial charge in [-0.2, -0.15) is 0 Å². The first kappa shape index (κ1) is 17.9. The maximum Gasteiger partial charge on any atom is 0.150 e. The number of piperazine rings is 1. The fourth-order valence-corrected chi connectivity index (χ4v) is 4.12. The van der Waals surface area contributed by atoms with Gasteiger partial charge in [-0.1, -0.05) is 48.0 Å². The van der Waals surface area contributed by atoms with Gasteiger partial charge >= 0.3 is 0 Å². The van der Waals surface area contributed by atoms with Crippen molar-refractivity contribution < 1.29 is 4.90 Å². The normalized spacial score (nSPS) is 15.2. The summed E-state index contributed by atoms with van der Waals surface area (Å²) in [5.41, 5.74) is 5.71. The van der Waals surface area contributed by atoms with Crippen LogP contribution in [0.4, 0.5) is 5.82 Å². The number of fused-ring (bicyclic) bond motifs is 1. The Balaban J connectivity index is 1.74. The molecule has 1 aliphatic heterocycles. The number of aryl methyl sites for hydroxylation is 1. The lowest BCUT2D eigenvalue weighted by Gasteiger charge is -2.31. The van der Waals surface area contributed by atoms with E-state index in [0.717, 1.165) is 48.7 Å². The topological polar surface area (TPSA) is 38.4 Å². The molecule has 1 saturated heterocycles. The van der Waals surface area contributed by atoms with Crippen LogP contribution in [0, 0.1) is 6.92 Å². The molecule has 0 bridgehead atoms. The fourth-order valence-electron chi connectivity index (χ4n) is 4.12. The standard InChI is InChI=1S/C24H25N5/c1-18-8-10-20(11-9-18)29-16-21(19-6-4-3-5-7-19)22-23(25-17-26-24(22)29)28-14-12-27(2)13-15-28/h3-11,16-17H,12-15H2,1-2H3/p+1. The Bertz CT molecular complexity index is 1120. The Morgan fingerprint density at radius 2 is 1.62 bits per heavy atom. The molecule has 0 spiro atoms. The summed E-state index contributed by atoms with van der Waals surface area (Å²) >= 11 is 0. The van der Waals surface area contributed by atoms with Crippen molar-refractivity contribution in [2.45, 2.75) is 6.92 Å². The summed E-state index contributed by atoms with van der Waals surface area (Å²) in [5, 5.41) is 1.14. The highest BCUT2D eigenvalue weighted by molar-refractivity contribution is 6.02. The number of benzene rings is 2. The van der Waals surface area contributed by atoms with Crippen molar-refractivity contribution in [2.75, 3.05) is 38.1 Å². The van der Waals surface area contributed by atoms with E-state index in [1.807, 2.05) is 0 Å². The highest BCUT2D eigenvalue weighted by Gasteiger charge is 2.24. The molecule has 146 valence electrons. The van der Waals surface area contributed by atoms with E-state index in [2.05, 4.69) is 84.2 Å². The van der Waals surface area contributed by atoms with Crippen LogP contribution >= 0.6 is 0 Å². The molecule has 2 aromatic carbocycles. The first-order valence-corrected chi connectivity index (χ1v) is 10.3. The zero-order chi connectivity index (χ0) is 19.8. The summed E-state index contributed by atoms with van der Waals surface area (Å²) in [6.07, 6.45) is 3.92. The molecule has 3 heterocycles. The van der Waals surface area contributed by atoms with Crippen molar-refractivity contribution in [3.63, 3.8) is 0 Å². The summed E-state index contributed by atoms with van der Waals surface area (Å²) in [7, 11) is 2.26. The van der Waals surface area contributed by atoms with Crippen molar-refractivity contribution in [2.24, 2.45) is 0 Å². The number of hydrogen-bond acceptors (Lipinski definition) is 3. The molecule has 0 atom stereocenters. The quantitative estimate of drug-likeness (QED) is 0.590. The molecule has 29 heavy (non-hydrogen) atoms. The predicted octanol–water partition coefficient (Wildman–Crippen LogP) is 2.73. The maximum absolute atomic E-state index is 4.76. The van der Waals surface area contributed by atoms with E-state index in [9.17, 15) is 0 Å². The molecule has 1 fully saturated rings. The van der Waals surface area contributed by atoms with Crippen LogP contribution in [0.2, 0.25) is 0 Å². The Morgan fingerprint density at radius 1 is 0.897 bits per heavy atom. The van der Waals surface area contributed by atoms with Gasteiger partial charge in [-0.3, -0.25) is 0 Å². The minimum absolute atomic E-state index is 0.962. The van der Waals surface area contributed by atoms with Gasteiger partial charge in [-0.05, 0) is 24.6 Å². The SMILES string of the molecule is Cc1ccc(-n2cc(-c3ccccc3)c3c(N4CC[NH+](C)CC4)ncnc32)cc1. The van der Waals surface area contributed by atoms with Crippen LogP contribution < -0.4 is 9.80 Å². The van der Waals surface area contributed by atoms with Gasteiger partial charge in [0.15, 0.2) is 5.65 Å². The molecular weight excluding hydrogens is 358 g/mol. The van der Waals surface area contributed by atoms with Gasteiger partial charge in [0.25, 0.3) is 0 Å². The molecule has 0 saturated carbocycles. The summed E-state index contributed by atoms with van der Waals surface area (Å²) < 4.78 is 2.20. The Labute approximate surface area is 171 Å². The molecule has 0 unspecified atom stereocenters. The lowest BCUT2D eigenvalue weighted by Crippen LogP contribution is -3.12. The van der Waals surface area contributed by atoms with E-state index < -0.39 is 0 Å². The molecule has 2 aromatic heterocycles. The van der Waals surface area contributed by atoms with E-state index >= 15 is 0 Å². The van der Waals surface area contributed by atoms with Crippen LogP contribution in [0.15, 0.2) is 67.1 Å². The number of likely N-dealkylation sites (N-methyl/N-ethyl adjacent to an activating group) is 1. The van der Waals surface area contributed by atoms with Crippen LogP contribution in [0.25, 0.3) is 27.8 Å². The van der Waals surface area contributed by atoms with Crippen molar-refractivity contribution in [3.05, 3.63) is 72.7 Å². The van der Waals surface area contributed by atoms with E-state index in [1.54, 1.807) is 11.2 Å². The Hall–Kier alpha value is -3.18. The average molecular weight is 385 g/mol. The largest absolute Gasteiger partial charge is 0.345 e. The predicted molar refractivity (Wildman–Crippen MR) is 118 cm³/mol. The van der Waals surface area contributed by atoms with Crippen LogP contribution in [0.5, 0.6) is 0 Å². The van der Waals surface area contributed by atoms with E-state index in [4.69, 9.17) is 9.97 Å². The highest BCUT2D eigenvalue weighted by atomic mass is 15.3. The van der Waals surface area contributed by atoms with Gasteiger partial charge in [0, 0.05) is 17.4 Å². The number of quaternary nitrogens is 1. The Kier molecular flexibility index (Phi) is 4.52. The molecule has 4 aromatic rings. The van der Waals surface area contributed by atoms with Gasteiger partial charge in [0.2, 0.25) is 0 Å². The lowest BCUT2D eigenvalue weighted by molar-refractivity contribution is -0.880. The second kappa shape index (κ2) is 7.33. The third-order valence-electron chi connectivity index (χ3n) is 5.88. The molecule has 0 amide bonds. The van der Waals surface area contributed by atoms with Crippen molar-refractivity contribution in [1.29, 1.82) is 0 Å². The minimum atomic E-state index is 0.962. The summed E-state index contributed by atoms with van der Waals surface area (Å²) in [6, 6.07) is 19.2. The second-order valence-electron chi connectivity index (χ2n) is 7.95. The van der Waals surface area contributed by atoms with Crippen molar-refractivity contribution >= 4 is 16.9 Å². The minimum Gasteiger partial charge on any atom is -0.345 e. The average Bonchev–Trinajstić information content (AvgIpc) is 3.15. The van der Waals surface area contributed by atoms with Gasteiger partial charge < -0.3 is 14.4 Å². The van der Waals surface area contributed by atoms with Gasteiger partial charge in [0.1, 0.15) is 12.1 Å². The zero-order valence-corrected chi connectivity index (χ0v) is 17.0. The zero-order valence-electron chi connectivity index (χ0n) is 17.0. The van der Waals surface area contributed by atoms with Gasteiger partial charge in [-0.25, -0.2) is 9.97 Å². The first-order chi connectivity index (χ1) is 14.2. The molecule has 1 aliphatic rings. The third-order valence-corrected chi connectivity index (χ3v) is 5.88. The maximum atomic E-state index is 4.76. The van der Waals surface area contributed by atoms with E-state index in [1.165, 1.54) is 16.7 Å². The lowest BCUT2D eigenvalue weighted by atomic mass is 10.1. The second-order valence-corrected chi connectivity index (χ2v) is 7.95. The molecule has 5 rings (SSSR count). The molecule has 1 N–H and O–H groups in total. The van der Waals surface area contributed by atoms with Crippen LogP contribution in [0.1, 0.15) is 5.56 Å². The number of nitrogens with zero attached hydrogens (tertiary/aromatic N) is 4. The molecule has 5 heteroatoms. The molecule has 0 radical (unpaired) electrons. The fraction of sp³-hybridized carbons (Fsp3) is 0.250. The summed E-state index contributed by atoms with van der Waals surface area (Å²) in [6.45, 7) is 6.40. The van der Waals surface area contributed by atoms with Crippen molar-refractivity contribution in [1.82, 2.24) is 14.5 Å². The van der Waals surface area contributed by atoms with Crippen LogP contribution in [0.3, 0.4) is 0 Å². The number of rotatable bonds is 3. The van der Waals surface area contributed by atoms with Crippen LogP contribution in [-0.4, -0.2) is 47.8 Å². The number of anilines is 1. The van der Waals surface area contributed by atoms with Crippen molar-refractivity contribution in [3.8, 4) is 16.8 Å². The highest BCUT2D eigenvalue weighted by Crippen LogP contribution is 2.36. The smallest absolute Gasteiger partial charge is 0.150 e. The summed E-state index contributed by atoms with van der Waals surface area (Å²) in [4.78, 5) is 13.5. The molecular formula is C24H26N5+. The van der Waals surface area contributed by atoms with Gasteiger partial charge in [-0.15, -0.1) is 0 Å². The number of nitrogens with one attached hydrogen (secondary N) is 1. The Morgan fingerprint density at radius 3 is 2.34 bits per heavy atom. The third kappa shape index (κ3) is 3.28. The van der Waals surface area contributed by atoms with E-state index in [-0.39, 0.29) is 0 Å². The first-order valence-electron chi connectivity index (χ1n) is 10.3. The molecule has 5 nitrogen and oxygen atoms in total. The number of aromatic nitrogens is 3. The number of hydrogen-bond donors (Lipinski definition) is 1. The monoisotopic (exact) mass is 384 g/mol.